The van der Waals surface area contributed by atoms with Crippen LogP contribution in [0.1, 0.15) is 30.4 Å². The van der Waals surface area contributed by atoms with Crippen LogP contribution in [0, 0.1) is 13.8 Å². The Hall–Kier alpha value is -1.46. The number of rotatable bonds is 5. The summed E-state index contributed by atoms with van der Waals surface area (Å²) < 4.78 is 2.02. The molecule has 0 saturated carbocycles. The number of nitrogens with zero attached hydrogens (tertiary/aromatic N) is 4. The molecule has 1 atom stereocenters. The Kier molecular flexibility index (Phi) is 4.17. The van der Waals surface area contributed by atoms with E-state index in [4.69, 9.17) is 0 Å². The first-order chi connectivity index (χ1) is 8.95. The van der Waals surface area contributed by atoms with Gasteiger partial charge in [0.05, 0.1) is 11.8 Å². The smallest absolute Gasteiger partial charge is 0.234 e. The fourth-order valence-corrected chi connectivity index (χ4v) is 2.16. The summed E-state index contributed by atoms with van der Waals surface area (Å²) in [4.78, 5) is 11.1. The van der Waals surface area contributed by atoms with Crippen LogP contribution in [0.2, 0.25) is 0 Å². The molecule has 104 valence electrons. The minimum Gasteiger partial charge on any atom is -0.393 e. The van der Waals surface area contributed by atoms with Gasteiger partial charge in [-0.3, -0.25) is 4.40 Å². The Morgan fingerprint density at radius 2 is 2.11 bits per heavy atom. The molecule has 2 heterocycles. The van der Waals surface area contributed by atoms with Crippen molar-refractivity contribution in [3.05, 3.63) is 29.3 Å². The molecular weight excluding hydrogens is 240 g/mol. The van der Waals surface area contributed by atoms with Gasteiger partial charge in [0.15, 0.2) is 0 Å². The fraction of sp³-hybridized carbons (Fsp3) is 0.571. The number of hydrogen-bond donors (Lipinski definition) is 1. The summed E-state index contributed by atoms with van der Waals surface area (Å²) in [5, 5.41) is 9.29. The lowest BCUT2D eigenvalue weighted by Crippen LogP contribution is -2.22. The molecule has 0 aliphatic heterocycles. The number of aliphatic hydroxyl groups excluding tert-OH is 1. The average Bonchev–Trinajstić information content (AvgIpc) is 2.69. The predicted molar refractivity (Wildman–Crippen MR) is 75.1 cm³/mol. The van der Waals surface area contributed by atoms with Crippen LogP contribution in [0.25, 0.3) is 5.78 Å². The van der Waals surface area contributed by atoms with Crippen LogP contribution in [0.15, 0.2) is 12.3 Å². The van der Waals surface area contributed by atoms with Crippen molar-refractivity contribution in [2.45, 2.75) is 39.8 Å². The highest BCUT2D eigenvalue weighted by molar-refractivity contribution is 5.34. The van der Waals surface area contributed by atoms with Crippen molar-refractivity contribution in [3.63, 3.8) is 0 Å². The largest absolute Gasteiger partial charge is 0.393 e. The average molecular weight is 262 g/mol. The van der Waals surface area contributed by atoms with Gasteiger partial charge >= 0.3 is 0 Å². The summed E-state index contributed by atoms with van der Waals surface area (Å²) in [6, 6.07) is 2.05. The van der Waals surface area contributed by atoms with Gasteiger partial charge in [-0.15, -0.1) is 0 Å². The number of hydrogen-bond acceptors (Lipinski definition) is 4. The topological polar surface area (TPSA) is 53.7 Å². The molecule has 1 N–H and O–H groups in total. The predicted octanol–water partition coefficient (Wildman–Crippen LogP) is 1.55. The third-order valence-electron chi connectivity index (χ3n) is 3.17. The molecule has 0 aliphatic rings. The van der Waals surface area contributed by atoms with E-state index >= 15 is 0 Å². The first kappa shape index (κ1) is 14.0. The quantitative estimate of drug-likeness (QED) is 0.888. The Balaban J connectivity index is 2.11. The van der Waals surface area contributed by atoms with E-state index in [-0.39, 0.29) is 6.10 Å². The monoisotopic (exact) mass is 262 g/mol. The molecule has 1 unspecified atom stereocenters. The summed E-state index contributed by atoms with van der Waals surface area (Å²) >= 11 is 0. The molecular formula is C14H22N4O. The van der Waals surface area contributed by atoms with E-state index in [9.17, 15) is 5.11 Å². The maximum absolute atomic E-state index is 9.29. The number of aryl methyl sites for hydroxylation is 2. The SMILES string of the molecule is Cc1cc(C)n2cc(CN(C)CCC(C)O)nc2n1. The lowest BCUT2D eigenvalue weighted by atomic mass is 10.2. The van der Waals surface area contributed by atoms with Gasteiger partial charge in [0.1, 0.15) is 0 Å². The molecule has 5 nitrogen and oxygen atoms in total. The zero-order valence-electron chi connectivity index (χ0n) is 12.1. The summed E-state index contributed by atoms with van der Waals surface area (Å²) in [5.41, 5.74) is 3.15. The summed E-state index contributed by atoms with van der Waals surface area (Å²) in [6.45, 7) is 7.49. The zero-order chi connectivity index (χ0) is 14.0. The minimum absolute atomic E-state index is 0.255. The van der Waals surface area contributed by atoms with Crippen molar-refractivity contribution >= 4 is 5.78 Å². The molecule has 5 heteroatoms. The van der Waals surface area contributed by atoms with Gasteiger partial charge in [0.25, 0.3) is 0 Å². The van der Waals surface area contributed by atoms with Crippen molar-refractivity contribution in [2.24, 2.45) is 0 Å². The van der Waals surface area contributed by atoms with Crippen LogP contribution in [-0.2, 0) is 6.54 Å². The molecule has 0 aliphatic carbocycles. The zero-order valence-corrected chi connectivity index (χ0v) is 12.1. The van der Waals surface area contributed by atoms with Crippen molar-refractivity contribution < 1.29 is 5.11 Å². The second-order valence-electron chi connectivity index (χ2n) is 5.32. The van der Waals surface area contributed by atoms with Gasteiger partial charge in [-0.25, -0.2) is 9.97 Å². The lowest BCUT2D eigenvalue weighted by molar-refractivity contribution is 0.162. The van der Waals surface area contributed by atoms with Gasteiger partial charge in [0, 0.05) is 30.7 Å². The van der Waals surface area contributed by atoms with E-state index in [0.717, 1.165) is 42.4 Å². The molecule has 0 spiro atoms. The third kappa shape index (κ3) is 3.52. The van der Waals surface area contributed by atoms with Crippen molar-refractivity contribution in [2.75, 3.05) is 13.6 Å². The second-order valence-corrected chi connectivity index (χ2v) is 5.32. The minimum atomic E-state index is -0.255. The van der Waals surface area contributed by atoms with Crippen LogP contribution < -0.4 is 0 Å². The first-order valence-electron chi connectivity index (χ1n) is 6.64. The van der Waals surface area contributed by atoms with Crippen molar-refractivity contribution in [3.8, 4) is 0 Å². The highest BCUT2D eigenvalue weighted by Crippen LogP contribution is 2.10. The Labute approximate surface area is 113 Å². The van der Waals surface area contributed by atoms with E-state index in [1.54, 1.807) is 0 Å². The number of aliphatic hydroxyl groups is 1. The summed E-state index contributed by atoms with van der Waals surface area (Å²) in [5.74, 6) is 0.761. The van der Waals surface area contributed by atoms with E-state index < -0.39 is 0 Å². The lowest BCUT2D eigenvalue weighted by Gasteiger charge is -2.15. The Morgan fingerprint density at radius 1 is 1.37 bits per heavy atom. The molecule has 0 radical (unpaired) electrons. The molecule has 2 aromatic heterocycles. The van der Waals surface area contributed by atoms with Crippen molar-refractivity contribution in [1.82, 2.24) is 19.3 Å². The number of aromatic nitrogens is 3. The number of imidazole rings is 1. The maximum Gasteiger partial charge on any atom is 0.234 e. The standard InChI is InChI=1S/C14H22N4O/c1-10-7-11(2)18-9-13(16-14(18)15-10)8-17(4)6-5-12(3)19/h7,9,12,19H,5-6,8H2,1-4H3. The van der Waals surface area contributed by atoms with E-state index in [1.165, 1.54) is 0 Å². The van der Waals surface area contributed by atoms with Crippen LogP contribution in [-0.4, -0.2) is 44.1 Å². The van der Waals surface area contributed by atoms with Crippen LogP contribution in [0.4, 0.5) is 0 Å². The van der Waals surface area contributed by atoms with Gasteiger partial charge in [-0.1, -0.05) is 0 Å². The summed E-state index contributed by atoms with van der Waals surface area (Å²) in [7, 11) is 2.04. The first-order valence-corrected chi connectivity index (χ1v) is 6.64. The molecule has 0 saturated heterocycles. The van der Waals surface area contributed by atoms with E-state index in [2.05, 4.69) is 27.9 Å². The van der Waals surface area contributed by atoms with Gasteiger partial charge in [-0.2, -0.15) is 0 Å². The Bertz CT molecular complexity index is 562. The van der Waals surface area contributed by atoms with Crippen molar-refractivity contribution in [1.29, 1.82) is 0 Å². The van der Waals surface area contributed by atoms with Gasteiger partial charge in [0.2, 0.25) is 5.78 Å². The molecule has 0 fully saturated rings. The third-order valence-corrected chi connectivity index (χ3v) is 3.17. The van der Waals surface area contributed by atoms with Gasteiger partial charge in [-0.05, 0) is 40.3 Å². The van der Waals surface area contributed by atoms with Crippen LogP contribution >= 0.6 is 0 Å². The maximum atomic E-state index is 9.29. The second kappa shape index (κ2) is 5.67. The van der Waals surface area contributed by atoms with E-state index in [1.807, 2.05) is 31.5 Å². The van der Waals surface area contributed by atoms with E-state index in [0.29, 0.717) is 0 Å². The molecule has 2 aromatic rings. The molecule has 0 aromatic carbocycles. The highest BCUT2D eigenvalue weighted by atomic mass is 16.3. The summed E-state index contributed by atoms with van der Waals surface area (Å²) in [6.07, 6.45) is 2.56. The number of fused-ring (bicyclic) bond motifs is 1. The van der Waals surface area contributed by atoms with Crippen LogP contribution in [0.5, 0.6) is 0 Å². The molecule has 2 rings (SSSR count). The van der Waals surface area contributed by atoms with Gasteiger partial charge < -0.3 is 10.0 Å². The fourth-order valence-electron chi connectivity index (χ4n) is 2.16. The molecule has 0 amide bonds. The molecule has 0 bridgehead atoms. The normalized spacial score (nSPS) is 13.4. The molecule has 19 heavy (non-hydrogen) atoms. The van der Waals surface area contributed by atoms with Crippen LogP contribution in [0.3, 0.4) is 0 Å². The Morgan fingerprint density at radius 3 is 2.79 bits per heavy atom. The highest BCUT2D eigenvalue weighted by Gasteiger charge is 2.08.